The minimum absolute atomic E-state index is 0.536. The van der Waals surface area contributed by atoms with Crippen molar-refractivity contribution in [1.82, 2.24) is 0 Å². The van der Waals surface area contributed by atoms with E-state index in [0.717, 1.165) is 19.2 Å². The average molecular weight is 338 g/mol. The first-order valence-electron chi connectivity index (χ1n) is 4.45. The molecule has 1 saturated carbocycles. The summed E-state index contributed by atoms with van der Waals surface area (Å²) in [5, 5.41) is 19.7. The van der Waals surface area contributed by atoms with Gasteiger partial charge in [0, 0.05) is 6.04 Å². The van der Waals surface area contributed by atoms with Crippen LogP contribution < -0.4 is 10.1 Å². The number of thiocyanates is 2. The van der Waals surface area contributed by atoms with E-state index in [9.17, 15) is 0 Å². The van der Waals surface area contributed by atoms with Gasteiger partial charge in [0.05, 0.1) is 0 Å². The van der Waals surface area contributed by atoms with Crippen molar-refractivity contribution in [3.8, 4) is 10.8 Å². The molecule has 0 unspecified atom stereocenters. The van der Waals surface area contributed by atoms with E-state index in [4.69, 9.17) is 20.6 Å². The first-order valence-corrected chi connectivity index (χ1v) is 10.5. The van der Waals surface area contributed by atoms with Crippen LogP contribution in [0.25, 0.3) is 0 Å². The molecule has 89 valence electrons. The van der Waals surface area contributed by atoms with Gasteiger partial charge in [0.1, 0.15) is 0 Å². The number of hydrogen-bond acceptors (Lipinski definition) is 6. The van der Waals surface area contributed by atoms with Gasteiger partial charge < -0.3 is 5.73 Å². The minimum atomic E-state index is -1.40. The van der Waals surface area contributed by atoms with Crippen LogP contribution in [0.3, 0.4) is 0 Å². The van der Waals surface area contributed by atoms with Crippen LogP contribution in [0.15, 0.2) is 0 Å². The maximum absolute atomic E-state index is 8.00. The van der Waals surface area contributed by atoms with Gasteiger partial charge in [0.15, 0.2) is 0 Å². The number of nitrogens with zero attached hydrogens (tertiary/aromatic N) is 2. The van der Waals surface area contributed by atoms with Crippen LogP contribution in [0.5, 0.6) is 0 Å². The topological polar surface area (TPSA) is 99.6 Å². The third-order valence-electron chi connectivity index (χ3n) is 1.83. The molecule has 0 amide bonds. The van der Waals surface area contributed by atoms with E-state index in [1.165, 1.54) is 32.1 Å². The molecule has 1 aliphatic carbocycles. The molecular weight excluding hydrogens is 323 g/mol. The Bertz CT molecular complexity index is 216. The molecule has 0 aliphatic heterocycles. The second-order valence-corrected chi connectivity index (χ2v) is 10.7. The fraction of sp³-hybridized carbons (Fsp3) is 0.750. The second-order valence-electron chi connectivity index (χ2n) is 2.91. The standard InChI is InChI=1S/C6H13N.2CHNS.H2N.Pd/c7-6-4-2-1-3-5-6;2*2-1-3;;/h6H,1-5,7H2;2*3H;1H2;/q;;;-1;+3/p-2. The molecule has 1 fully saturated rings. The number of nitriles is 2. The summed E-state index contributed by atoms with van der Waals surface area (Å²) in [4.78, 5) is 0. The van der Waals surface area contributed by atoms with E-state index in [1.807, 2.05) is 10.8 Å². The maximum Gasteiger partial charge on any atom is 0.00388 e. The van der Waals surface area contributed by atoms with Gasteiger partial charge in [0.2, 0.25) is 0 Å². The zero-order valence-electron chi connectivity index (χ0n) is 8.29. The fourth-order valence-electron chi connectivity index (χ4n) is 1.20. The summed E-state index contributed by atoms with van der Waals surface area (Å²) in [5.74, 6) is 0. The van der Waals surface area contributed by atoms with E-state index in [0.29, 0.717) is 6.04 Å². The molecule has 1 rings (SSSR count). The number of rotatable bonds is 2. The zero-order valence-corrected chi connectivity index (χ0v) is 11.5. The Morgan fingerprint density at radius 1 is 1.07 bits per heavy atom. The molecule has 0 atom stereocenters. The summed E-state index contributed by atoms with van der Waals surface area (Å²) < 4.78 is 5.29. The molecule has 0 radical (unpaired) electrons. The molecule has 4 nitrogen and oxygen atoms in total. The van der Waals surface area contributed by atoms with Crippen molar-refractivity contribution in [2.75, 3.05) is 0 Å². The van der Waals surface area contributed by atoms with E-state index in [-0.39, 0.29) is 0 Å². The second kappa shape index (κ2) is 10.8. The largest absolute Gasteiger partial charge is 0.328 e. The Kier molecular flexibility index (Phi) is 11.0. The smallest absolute Gasteiger partial charge is 0.00388 e. The third kappa shape index (κ3) is 10.5. The summed E-state index contributed by atoms with van der Waals surface area (Å²) in [6.07, 6.45) is 6.66. The SMILES string of the molecule is N#C[S][Pd]([NH2])[S]C#N.NC1CCCCC1. The Morgan fingerprint density at radius 3 is 1.80 bits per heavy atom. The maximum atomic E-state index is 8.00. The van der Waals surface area contributed by atoms with Crippen LogP contribution in [-0.2, 0) is 14.5 Å². The van der Waals surface area contributed by atoms with Gasteiger partial charge >= 0.3 is 59.4 Å². The molecular formula is C8H15N4PdS2. The summed E-state index contributed by atoms with van der Waals surface area (Å²) in [5.41, 5.74) is 5.63. The number of hydrogen-bond donors (Lipinski definition) is 2. The molecule has 0 aromatic heterocycles. The third-order valence-corrected chi connectivity index (χ3v) is 6.80. The van der Waals surface area contributed by atoms with Crippen LogP contribution >= 0.6 is 19.2 Å². The molecule has 0 aromatic rings. The fourth-order valence-corrected chi connectivity index (χ4v) is 3.68. The summed E-state index contributed by atoms with van der Waals surface area (Å²) in [6.45, 7) is 0. The molecule has 1 aliphatic rings. The predicted molar refractivity (Wildman–Crippen MR) is 61.7 cm³/mol. The summed E-state index contributed by atoms with van der Waals surface area (Å²) in [6, 6.07) is 0.536. The first kappa shape index (κ1) is 15.3. The van der Waals surface area contributed by atoms with E-state index >= 15 is 0 Å². The van der Waals surface area contributed by atoms with Crippen molar-refractivity contribution in [3.63, 3.8) is 0 Å². The average Bonchev–Trinajstić information content (AvgIpc) is 2.20. The van der Waals surface area contributed by atoms with Crippen LogP contribution in [-0.4, -0.2) is 6.04 Å². The monoisotopic (exact) mass is 337 g/mol. The van der Waals surface area contributed by atoms with Gasteiger partial charge in [-0.05, 0) is 12.8 Å². The van der Waals surface area contributed by atoms with Crippen molar-refractivity contribution >= 4 is 19.2 Å². The van der Waals surface area contributed by atoms with Crippen molar-refractivity contribution in [3.05, 3.63) is 0 Å². The zero-order chi connectivity index (χ0) is 11.5. The van der Waals surface area contributed by atoms with Crippen LogP contribution in [0, 0.1) is 21.3 Å². The predicted octanol–water partition coefficient (Wildman–Crippen LogP) is 2.01. The molecule has 4 N–H and O–H groups in total. The molecule has 0 heterocycles. The molecule has 0 saturated heterocycles. The van der Waals surface area contributed by atoms with Gasteiger partial charge in [-0.1, -0.05) is 19.3 Å². The van der Waals surface area contributed by atoms with Crippen LogP contribution in [0.4, 0.5) is 0 Å². The minimum Gasteiger partial charge on any atom is -0.328 e. The molecule has 0 spiro atoms. The van der Waals surface area contributed by atoms with Crippen molar-refractivity contribution in [1.29, 1.82) is 10.5 Å². The van der Waals surface area contributed by atoms with Gasteiger partial charge in [-0.3, -0.25) is 0 Å². The Labute approximate surface area is 103 Å². The summed E-state index contributed by atoms with van der Waals surface area (Å²) in [7, 11) is 1.99. The first-order chi connectivity index (χ1) is 7.20. The Hall–Kier alpha value is 0.262. The van der Waals surface area contributed by atoms with E-state index < -0.39 is 14.5 Å². The van der Waals surface area contributed by atoms with Gasteiger partial charge in [-0.25, -0.2) is 0 Å². The number of nitrogens with two attached hydrogens (primary N) is 2. The summed E-state index contributed by atoms with van der Waals surface area (Å²) >= 11 is -1.40. The van der Waals surface area contributed by atoms with E-state index in [2.05, 4.69) is 0 Å². The van der Waals surface area contributed by atoms with Gasteiger partial charge in [0.25, 0.3) is 0 Å². The van der Waals surface area contributed by atoms with Crippen molar-refractivity contribution in [2.45, 2.75) is 38.1 Å². The Morgan fingerprint density at radius 2 is 1.53 bits per heavy atom. The van der Waals surface area contributed by atoms with Crippen molar-refractivity contribution in [2.24, 2.45) is 10.1 Å². The molecule has 7 heteroatoms. The normalized spacial score (nSPS) is 16.7. The van der Waals surface area contributed by atoms with Gasteiger partial charge in [-0.2, -0.15) is 0 Å². The van der Waals surface area contributed by atoms with Crippen LogP contribution in [0.2, 0.25) is 0 Å². The quantitative estimate of drug-likeness (QED) is 0.590. The molecule has 0 bridgehead atoms. The van der Waals surface area contributed by atoms with E-state index in [1.54, 1.807) is 0 Å². The molecule has 15 heavy (non-hydrogen) atoms. The Balaban J connectivity index is 0.000000262. The van der Waals surface area contributed by atoms with Crippen LogP contribution in [0.1, 0.15) is 32.1 Å². The van der Waals surface area contributed by atoms with Crippen molar-refractivity contribution < 1.29 is 14.5 Å². The van der Waals surface area contributed by atoms with Gasteiger partial charge in [-0.15, -0.1) is 0 Å². The molecule has 0 aromatic carbocycles.